The lowest BCUT2D eigenvalue weighted by Crippen LogP contribution is -3.16. The molecular formula is C32H38F6N6O6. The second-order valence-corrected chi connectivity index (χ2v) is 12.0. The first-order valence-corrected chi connectivity index (χ1v) is 16.0. The summed E-state index contributed by atoms with van der Waals surface area (Å²) in [6, 6.07) is 5.93. The third-order valence-electron chi connectivity index (χ3n) is 8.54. The van der Waals surface area contributed by atoms with Crippen molar-refractivity contribution in [3.05, 3.63) is 42.6 Å². The van der Waals surface area contributed by atoms with Crippen LogP contribution >= 0.6 is 0 Å². The van der Waals surface area contributed by atoms with Gasteiger partial charge in [0.15, 0.2) is 5.69 Å². The van der Waals surface area contributed by atoms with Crippen LogP contribution in [0, 0.1) is 11.8 Å². The molecule has 274 valence electrons. The number of carbonyl (C=O) groups excluding carboxylic acids is 4. The summed E-state index contributed by atoms with van der Waals surface area (Å²) >= 11 is 0. The van der Waals surface area contributed by atoms with Gasteiger partial charge in [0.2, 0.25) is 5.91 Å². The maximum absolute atomic E-state index is 13.4. The number of carboxylic acid groups (broad SMARTS) is 2. The highest BCUT2D eigenvalue weighted by Crippen LogP contribution is 2.27. The molecule has 3 aliphatic heterocycles. The summed E-state index contributed by atoms with van der Waals surface area (Å²) < 4.78 is 63.1. The molecule has 0 aliphatic carbocycles. The van der Waals surface area contributed by atoms with Gasteiger partial charge in [0.05, 0.1) is 36.6 Å². The zero-order chi connectivity index (χ0) is 37.1. The van der Waals surface area contributed by atoms with Gasteiger partial charge in [-0.05, 0) is 37.0 Å². The third-order valence-corrected chi connectivity index (χ3v) is 8.54. The van der Waals surface area contributed by atoms with Crippen LogP contribution in [0.5, 0.6) is 0 Å². The minimum absolute atomic E-state index is 0.112. The number of nitrogens with one attached hydrogen (secondary N) is 4. The summed E-state index contributed by atoms with van der Waals surface area (Å²) in [6.07, 6.45) is 2.25. The number of aliphatic carboxylic acids is 2. The Morgan fingerprint density at radius 1 is 0.960 bits per heavy atom. The van der Waals surface area contributed by atoms with Crippen molar-refractivity contribution < 1.29 is 65.6 Å². The number of Topliss-reactive ketones (excluding diaryl/α,β-unsaturated/α-hetero) is 1. The number of H-pyrrole nitrogens is 2. The lowest BCUT2D eigenvalue weighted by Gasteiger charge is -2.41. The number of piperidine rings is 3. The number of aromatic amines is 2. The smallest absolute Gasteiger partial charge is 0.430 e. The van der Waals surface area contributed by atoms with E-state index in [1.54, 1.807) is 17.3 Å². The van der Waals surface area contributed by atoms with Crippen LogP contribution in [-0.2, 0) is 19.2 Å². The van der Waals surface area contributed by atoms with E-state index < -0.39 is 24.3 Å². The highest BCUT2D eigenvalue weighted by Gasteiger charge is 2.42. The van der Waals surface area contributed by atoms with E-state index >= 15 is 0 Å². The summed E-state index contributed by atoms with van der Waals surface area (Å²) in [5.74, 6) is -3.96. The van der Waals surface area contributed by atoms with Gasteiger partial charge in [0.1, 0.15) is 30.0 Å². The molecule has 0 spiro atoms. The predicted molar refractivity (Wildman–Crippen MR) is 159 cm³/mol. The average Bonchev–Trinajstić information content (AvgIpc) is 3.58. The molecule has 18 heteroatoms. The lowest BCUT2D eigenvalue weighted by atomic mass is 9.78. The Balaban J connectivity index is 0.000000408. The van der Waals surface area contributed by atoms with E-state index in [-0.39, 0.29) is 17.9 Å². The molecule has 5 heterocycles. The molecule has 4 N–H and O–H groups in total. The zero-order valence-corrected chi connectivity index (χ0v) is 27.1. The number of rotatable bonds is 11. The third kappa shape index (κ3) is 12.1. The molecule has 1 unspecified atom stereocenters. The topological polar surface area (TPSA) is 187 Å². The monoisotopic (exact) mass is 716 g/mol. The number of halogens is 6. The number of carboxylic acids is 2. The molecule has 3 saturated heterocycles. The number of alkyl halides is 6. The molecule has 0 saturated carbocycles. The van der Waals surface area contributed by atoms with Gasteiger partial charge in [-0.1, -0.05) is 19.8 Å². The average molecular weight is 717 g/mol. The molecule has 12 nitrogen and oxygen atoms in total. The van der Waals surface area contributed by atoms with Crippen molar-refractivity contribution in [3.8, 4) is 11.3 Å². The molecular weight excluding hydrogens is 678 g/mol. The van der Waals surface area contributed by atoms with Crippen molar-refractivity contribution in [2.24, 2.45) is 11.8 Å². The number of hydrogen-bond acceptors (Lipinski definition) is 8. The number of ketones is 1. The van der Waals surface area contributed by atoms with Crippen LogP contribution in [0.1, 0.15) is 70.2 Å². The van der Waals surface area contributed by atoms with Crippen LogP contribution in [0.25, 0.3) is 22.3 Å². The van der Waals surface area contributed by atoms with E-state index in [0.717, 1.165) is 73.2 Å². The molecule has 2 atom stereocenters. The number of benzene rings is 1. The van der Waals surface area contributed by atoms with Crippen molar-refractivity contribution in [2.75, 3.05) is 19.6 Å². The number of carbonyl (C=O) groups is 4. The standard InChI is InChI=1S/C28H36N6O2.2C2HF3O2/c1-2-21(35)6-4-3-5-7-24(33-28(36)22-18-34-14-10-19(22)11-15-34)27-31-17-26(32-27)20-8-9-23-25(16-20)30-13-12-29-23;2*3-2(4,5)1(6)7/h8-9,12-13,16-17,19,22,24H,2-7,10-11,14-15,18H2,1H3,(H,31,32)(H,33,36);2*(H,6,7)/t22?,24-;;/m0../s1. The number of imidazole rings is 1. The molecule has 3 fully saturated rings. The van der Waals surface area contributed by atoms with Gasteiger partial charge in [-0.15, -0.1) is 0 Å². The minimum atomic E-state index is -5.19. The van der Waals surface area contributed by atoms with Gasteiger partial charge in [-0.3, -0.25) is 19.6 Å². The van der Waals surface area contributed by atoms with Crippen molar-refractivity contribution in [2.45, 2.75) is 76.7 Å². The summed E-state index contributed by atoms with van der Waals surface area (Å²) in [5.41, 5.74) is 3.69. The molecule has 0 radical (unpaired) electrons. The predicted octanol–water partition coefficient (Wildman–Crippen LogP) is 1.05. The van der Waals surface area contributed by atoms with Crippen LogP contribution < -0.4 is 25.4 Å². The van der Waals surface area contributed by atoms with Crippen LogP contribution in [0.3, 0.4) is 0 Å². The van der Waals surface area contributed by atoms with E-state index in [1.807, 2.05) is 31.3 Å². The summed E-state index contributed by atoms with van der Waals surface area (Å²) in [4.78, 5) is 59.9. The largest absolute Gasteiger partial charge is 0.542 e. The first kappa shape index (κ1) is 39.8. The van der Waals surface area contributed by atoms with Crippen molar-refractivity contribution in [1.82, 2.24) is 20.3 Å². The Labute approximate surface area is 282 Å². The molecule has 6 rings (SSSR count). The molecule has 3 aromatic rings. The highest BCUT2D eigenvalue weighted by atomic mass is 19.4. The van der Waals surface area contributed by atoms with E-state index in [4.69, 9.17) is 19.8 Å². The van der Waals surface area contributed by atoms with Crippen molar-refractivity contribution >= 4 is 34.7 Å². The number of hydrogen-bond donors (Lipinski definition) is 3. The number of nitrogens with zero attached hydrogens (tertiary/aromatic N) is 2. The van der Waals surface area contributed by atoms with Crippen LogP contribution in [0.15, 0.2) is 36.8 Å². The van der Waals surface area contributed by atoms with Gasteiger partial charge < -0.3 is 30.0 Å². The molecule has 1 aromatic carbocycles. The second-order valence-electron chi connectivity index (χ2n) is 12.0. The number of aromatic nitrogens is 4. The number of amides is 1. The normalized spacial score (nSPS) is 19.0. The van der Waals surface area contributed by atoms with E-state index in [1.165, 1.54) is 13.1 Å². The Hall–Kier alpha value is -4.61. The number of unbranched alkanes of at least 4 members (excludes halogenated alkanes) is 2. The Morgan fingerprint density at radius 2 is 1.56 bits per heavy atom. The molecule has 2 aromatic heterocycles. The van der Waals surface area contributed by atoms with E-state index in [9.17, 15) is 35.9 Å². The first-order valence-electron chi connectivity index (χ1n) is 16.0. The molecule has 2 bridgehead atoms. The van der Waals surface area contributed by atoms with Gasteiger partial charge in [0, 0.05) is 43.6 Å². The molecule has 1 amide bonds. The van der Waals surface area contributed by atoms with E-state index in [2.05, 4.69) is 25.3 Å². The van der Waals surface area contributed by atoms with Gasteiger partial charge >= 0.3 is 12.4 Å². The van der Waals surface area contributed by atoms with Gasteiger partial charge in [0.25, 0.3) is 5.82 Å². The Bertz CT molecular complexity index is 1580. The maximum atomic E-state index is 13.4. The summed E-state index contributed by atoms with van der Waals surface area (Å²) in [6.45, 7) is 5.29. The van der Waals surface area contributed by atoms with Crippen molar-refractivity contribution in [1.29, 1.82) is 0 Å². The fourth-order valence-electron chi connectivity index (χ4n) is 5.87. The minimum Gasteiger partial charge on any atom is -0.542 e. The Morgan fingerprint density at radius 3 is 2.10 bits per heavy atom. The fourth-order valence-corrected chi connectivity index (χ4v) is 5.87. The first-order chi connectivity index (χ1) is 23.5. The highest BCUT2D eigenvalue weighted by molar-refractivity contribution is 5.81. The maximum Gasteiger partial charge on any atom is 0.430 e. The van der Waals surface area contributed by atoms with Crippen LogP contribution in [-0.4, -0.2) is 70.6 Å². The quantitative estimate of drug-likeness (QED) is 0.194. The fraction of sp³-hybridized carbons (Fsp3) is 0.531. The lowest BCUT2D eigenvalue weighted by molar-refractivity contribution is -0.919. The van der Waals surface area contributed by atoms with Crippen LogP contribution in [0.2, 0.25) is 0 Å². The van der Waals surface area contributed by atoms with Crippen molar-refractivity contribution in [3.63, 3.8) is 0 Å². The molecule has 3 aliphatic rings. The number of fused-ring (bicyclic) bond motifs is 4. The number of quaternary nitrogens is 1. The SMILES string of the molecule is CCC(=O)CCCCC[C@H](NC(=O)C1C[NH+]2CCC1CC2)c1[nH]c(-c2ccc3nccnc3c2)c[nH+]1.O=C([O-])C(F)(F)F.O=C([O-])C(F)(F)F. The van der Waals surface area contributed by atoms with Gasteiger partial charge in [-0.2, -0.15) is 26.3 Å². The van der Waals surface area contributed by atoms with Gasteiger partial charge in [-0.25, -0.2) is 9.97 Å². The summed E-state index contributed by atoms with van der Waals surface area (Å²) in [5, 5.41) is 21.0. The summed E-state index contributed by atoms with van der Waals surface area (Å²) in [7, 11) is 0. The Kier molecular flexibility index (Phi) is 14.2. The zero-order valence-electron chi connectivity index (χ0n) is 27.1. The van der Waals surface area contributed by atoms with Crippen LogP contribution in [0.4, 0.5) is 26.3 Å². The molecule has 50 heavy (non-hydrogen) atoms. The van der Waals surface area contributed by atoms with E-state index in [0.29, 0.717) is 24.5 Å². The second kappa shape index (κ2) is 17.9.